The van der Waals surface area contributed by atoms with Gasteiger partial charge in [-0.3, -0.25) is 4.79 Å². The minimum Gasteiger partial charge on any atom is -0.397 e. The molecule has 0 spiro atoms. The lowest BCUT2D eigenvalue weighted by molar-refractivity contribution is 0.0949. The van der Waals surface area contributed by atoms with Crippen LogP contribution in [0, 0.1) is 0 Å². The Kier molecular flexibility index (Phi) is 3.66. The largest absolute Gasteiger partial charge is 0.397 e. The number of rotatable bonds is 4. The van der Waals surface area contributed by atoms with Gasteiger partial charge in [-0.25, -0.2) is 9.97 Å². The molecule has 0 saturated carbocycles. The highest BCUT2D eigenvalue weighted by molar-refractivity contribution is 7.09. The highest BCUT2D eigenvalue weighted by Gasteiger charge is 2.06. The first-order valence-corrected chi connectivity index (χ1v) is 6.02. The van der Waals surface area contributed by atoms with Crippen LogP contribution in [-0.4, -0.2) is 22.4 Å². The highest BCUT2D eigenvalue weighted by atomic mass is 32.1. The van der Waals surface area contributed by atoms with Gasteiger partial charge in [0.05, 0.1) is 16.9 Å². The summed E-state index contributed by atoms with van der Waals surface area (Å²) in [5.41, 5.74) is 6.41. The molecule has 3 N–H and O–H groups in total. The van der Waals surface area contributed by atoms with Crippen LogP contribution in [0.2, 0.25) is 0 Å². The fourth-order valence-electron chi connectivity index (χ4n) is 1.29. The van der Waals surface area contributed by atoms with Gasteiger partial charge in [0.15, 0.2) is 0 Å². The van der Waals surface area contributed by atoms with Crippen molar-refractivity contribution in [2.45, 2.75) is 6.42 Å². The topological polar surface area (TPSA) is 80.9 Å². The molecule has 2 heterocycles. The van der Waals surface area contributed by atoms with E-state index in [4.69, 9.17) is 5.73 Å². The molecule has 0 radical (unpaired) electrons. The maximum absolute atomic E-state index is 11.7. The van der Waals surface area contributed by atoms with Gasteiger partial charge in [0.1, 0.15) is 5.69 Å². The van der Waals surface area contributed by atoms with Crippen LogP contribution in [-0.2, 0) is 6.42 Å². The van der Waals surface area contributed by atoms with E-state index in [2.05, 4.69) is 15.3 Å². The standard InChI is InChI=1S/C11H12N4OS/c12-8-1-2-9(15-7-8)11(16)14-4-3-10-13-5-6-17-10/h1-2,5-7H,3-4,12H2,(H,14,16). The molecule has 0 atom stereocenters. The molecule has 0 saturated heterocycles. The molecule has 2 aromatic rings. The van der Waals surface area contributed by atoms with Crippen LogP contribution in [0.4, 0.5) is 5.69 Å². The molecule has 2 rings (SSSR count). The zero-order chi connectivity index (χ0) is 12.1. The van der Waals surface area contributed by atoms with Crippen LogP contribution in [0.1, 0.15) is 15.5 Å². The van der Waals surface area contributed by atoms with Gasteiger partial charge in [-0.2, -0.15) is 0 Å². The van der Waals surface area contributed by atoms with Gasteiger partial charge in [-0.05, 0) is 12.1 Å². The van der Waals surface area contributed by atoms with E-state index in [0.29, 0.717) is 17.9 Å². The summed E-state index contributed by atoms with van der Waals surface area (Å²) in [4.78, 5) is 19.7. The van der Waals surface area contributed by atoms with Crippen molar-refractivity contribution in [3.05, 3.63) is 40.6 Å². The van der Waals surface area contributed by atoms with Crippen molar-refractivity contribution >= 4 is 22.9 Å². The second-order valence-corrected chi connectivity index (χ2v) is 4.39. The number of hydrogen-bond donors (Lipinski definition) is 2. The van der Waals surface area contributed by atoms with E-state index in [9.17, 15) is 4.79 Å². The maximum atomic E-state index is 11.7. The molecule has 5 nitrogen and oxygen atoms in total. The van der Waals surface area contributed by atoms with E-state index in [-0.39, 0.29) is 5.91 Å². The third-order valence-electron chi connectivity index (χ3n) is 2.13. The number of anilines is 1. The molecule has 6 heteroatoms. The number of nitrogen functional groups attached to an aromatic ring is 1. The fourth-order valence-corrected chi connectivity index (χ4v) is 1.91. The van der Waals surface area contributed by atoms with E-state index in [1.54, 1.807) is 29.7 Å². The van der Waals surface area contributed by atoms with Gasteiger partial charge < -0.3 is 11.1 Å². The van der Waals surface area contributed by atoms with Gasteiger partial charge in [0.2, 0.25) is 0 Å². The zero-order valence-electron chi connectivity index (χ0n) is 9.09. The number of pyridine rings is 1. The van der Waals surface area contributed by atoms with Gasteiger partial charge in [-0.15, -0.1) is 11.3 Å². The molecule has 0 fully saturated rings. The lowest BCUT2D eigenvalue weighted by Gasteiger charge is -2.03. The zero-order valence-corrected chi connectivity index (χ0v) is 9.91. The smallest absolute Gasteiger partial charge is 0.269 e. The summed E-state index contributed by atoms with van der Waals surface area (Å²) in [6, 6.07) is 3.26. The molecular formula is C11H12N4OS. The summed E-state index contributed by atoms with van der Waals surface area (Å²) in [6.07, 6.45) is 3.96. The number of thiazole rings is 1. The van der Waals surface area contributed by atoms with E-state index in [0.717, 1.165) is 11.4 Å². The predicted molar refractivity (Wildman–Crippen MR) is 66.8 cm³/mol. The molecular weight excluding hydrogens is 236 g/mol. The lowest BCUT2D eigenvalue weighted by atomic mass is 10.3. The summed E-state index contributed by atoms with van der Waals surface area (Å²) >= 11 is 1.58. The number of aromatic nitrogens is 2. The number of nitrogens with two attached hydrogens (primary N) is 1. The van der Waals surface area contributed by atoms with Gasteiger partial charge in [0.25, 0.3) is 5.91 Å². The van der Waals surface area contributed by atoms with Crippen molar-refractivity contribution in [3.8, 4) is 0 Å². The van der Waals surface area contributed by atoms with Crippen molar-refractivity contribution in [1.82, 2.24) is 15.3 Å². The average molecular weight is 248 g/mol. The summed E-state index contributed by atoms with van der Waals surface area (Å²) in [5.74, 6) is -0.193. The first-order valence-electron chi connectivity index (χ1n) is 5.14. The molecule has 88 valence electrons. The Hall–Kier alpha value is -1.95. The Labute approximate surface area is 103 Å². The number of amides is 1. The molecule has 17 heavy (non-hydrogen) atoms. The molecule has 0 bridgehead atoms. The quantitative estimate of drug-likeness (QED) is 0.848. The predicted octanol–water partition coefficient (Wildman–Crippen LogP) is 1.09. The summed E-state index contributed by atoms with van der Waals surface area (Å²) in [5, 5.41) is 5.71. The number of nitrogens with one attached hydrogen (secondary N) is 1. The van der Waals surface area contributed by atoms with E-state index < -0.39 is 0 Å². The Morgan fingerprint density at radius 1 is 1.41 bits per heavy atom. The van der Waals surface area contributed by atoms with Crippen molar-refractivity contribution in [1.29, 1.82) is 0 Å². The summed E-state index contributed by atoms with van der Waals surface area (Å²) < 4.78 is 0. The number of carbonyl (C=O) groups is 1. The lowest BCUT2D eigenvalue weighted by Crippen LogP contribution is -2.26. The van der Waals surface area contributed by atoms with Crippen LogP contribution in [0.15, 0.2) is 29.9 Å². The monoisotopic (exact) mass is 248 g/mol. The average Bonchev–Trinajstić information content (AvgIpc) is 2.83. The fraction of sp³-hybridized carbons (Fsp3) is 0.182. The minimum atomic E-state index is -0.193. The molecule has 0 aliphatic heterocycles. The van der Waals surface area contributed by atoms with Crippen LogP contribution >= 0.6 is 11.3 Å². The Morgan fingerprint density at radius 3 is 2.94 bits per heavy atom. The van der Waals surface area contributed by atoms with Crippen molar-refractivity contribution in [3.63, 3.8) is 0 Å². The molecule has 2 aromatic heterocycles. The van der Waals surface area contributed by atoms with E-state index >= 15 is 0 Å². The molecule has 1 amide bonds. The van der Waals surface area contributed by atoms with Gasteiger partial charge in [-0.1, -0.05) is 0 Å². The third kappa shape index (κ3) is 3.25. The number of carbonyl (C=O) groups excluding carboxylic acids is 1. The molecule has 0 unspecified atom stereocenters. The number of nitrogens with zero attached hydrogens (tertiary/aromatic N) is 2. The van der Waals surface area contributed by atoms with E-state index in [1.807, 2.05) is 5.38 Å². The van der Waals surface area contributed by atoms with Crippen LogP contribution < -0.4 is 11.1 Å². The molecule has 0 aromatic carbocycles. The van der Waals surface area contributed by atoms with Crippen molar-refractivity contribution in [2.75, 3.05) is 12.3 Å². The Bertz CT molecular complexity index is 481. The van der Waals surface area contributed by atoms with Crippen LogP contribution in [0.25, 0.3) is 0 Å². The van der Waals surface area contributed by atoms with Gasteiger partial charge in [0, 0.05) is 24.5 Å². The Balaban J connectivity index is 1.83. The van der Waals surface area contributed by atoms with Gasteiger partial charge >= 0.3 is 0 Å². The van der Waals surface area contributed by atoms with Crippen molar-refractivity contribution < 1.29 is 4.79 Å². The maximum Gasteiger partial charge on any atom is 0.269 e. The Morgan fingerprint density at radius 2 is 2.29 bits per heavy atom. The molecule has 0 aliphatic rings. The highest BCUT2D eigenvalue weighted by Crippen LogP contribution is 2.04. The SMILES string of the molecule is Nc1ccc(C(=O)NCCc2nccs2)nc1. The van der Waals surface area contributed by atoms with Crippen LogP contribution in [0.3, 0.4) is 0 Å². The normalized spacial score (nSPS) is 10.1. The third-order valence-corrected chi connectivity index (χ3v) is 2.97. The van der Waals surface area contributed by atoms with E-state index in [1.165, 1.54) is 6.20 Å². The minimum absolute atomic E-state index is 0.193. The molecule has 0 aliphatic carbocycles. The van der Waals surface area contributed by atoms with Crippen LogP contribution in [0.5, 0.6) is 0 Å². The first-order chi connectivity index (χ1) is 8.25. The first kappa shape index (κ1) is 11.5. The second kappa shape index (κ2) is 5.40. The summed E-state index contributed by atoms with van der Waals surface area (Å²) in [6.45, 7) is 0.554. The second-order valence-electron chi connectivity index (χ2n) is 3.41. The summed E-state index contributed by atoms with van der Waals surface area (Å²) in [7, 11) is 0. The van der Waals surface area contributed by atoms with Crippen molar-refractivity contribution in [2.24, 2.45) is 0 Å². The number of hydrogen-bond acceptors (Lipinski definition) is 5.